The van der Waals surface area contributed by atoms with E-state index in [2.05, 4.69) is 136 Å². The smallest absolute Gasteiger partial charge is 0.306 e. The predicted octanol–water partition coefficient (Wildman–Crippen LogP) is 18.1. The number of ether oxygens (including phenoxy) is 3. The Morgan fingerprint density at radius 3 is 1.04 bits per heavy atom. The van der Waals surface area contributed by atoms with Gasteiger partial charge >= 0.3 is 17.9 Å². The van der Waals surface area contributed by atoms with E-state index in [1.165, 1.54) is 83.5 Å². The van der Waals surface area contributed by atoms with Crippen LogP contribution in [0.5, 0.6) is 0 Å². The number of allylic oxidation sites excluding steroid dienone is 20. The van der Waals surface area contributed by atoms with Crippen molar-refractivity contribution in [1.82, 2.24) is 0 Å². The SMILES string of the molecule is CC/C=C/C/C=C/C/C=C/C/C=C/C/C=C/CCCCCC(=O)OCC(COC(=O)CC/C=C/C/C=C/CCCCCCCC)OC(=O)CCC/C=C/C/C=C/C/C=C/CCCCCCCC. The second-order valence-electron chi connectivity index (χ2n) is 17.4. The van der Waals surface area contributed by atoms with E-state index in [-0.39, 0.29) is 44.0 Å². The molecule has 0 spiro atoms. The van der Waals surface area contributed by atoms with Crippen molar-refractivity contribution in [3.63, 3.8) is 0 Å². The van der Waals surface area contributed by atoms with Crippen molar-refractivity contribution in [2.24, 2.45) is 0 Å². The summed E-state index contributed by atoms with van der Waals surface area (Å²) in [6, 6.07) is 0. The highest BCUT2D eigenvalue weighted by molar-refractivity contribution is 5.71. The summed E-state index contributed by atoms with van der Waals surface area (Å²) in [5.74, 6) is -1.09. The number of unbranched alkanes of at least 4 members (excludes halogenated alkanes) is 16. The van der Waals surface area contributed by atoms with Gasteiger partial charge in [0.15, 0.2) is 6.10 Å². The Labute approximate surface area is 412 Å². The Balaban J connectivity index is 4.59. The molecule has 0 aliphatic carbocycles. The number of esters is 3. The van der Waals surface area contributed by atoms with E-state index in [1.807, 2.05) is 6.08 Å². The van der Waals surface area contributed by atoms with E-state index in [9.17, 15) is 14.4 Å². The molecule has 0 bridgehead atoms. The van der Waals surface area contributed by atoms with Gasteiger partial charge in [0.25, 0.3) is 0 Å². The Bertz CT molecular complexity index is 1440. The maximum absolute atomic E-state index is 12.8. The predicted molar refractivity (Wildman–Crippen MR) is 288 cm³/mol. The lowest BCUT2D eigenvalue weighted by Crippen LogP contribution is -2.30. The fraction of sp³-hybridized carbons (Fsp3) is 0.623. The standard InChI is InChI=1S/C61H98O6/c1-4-7-10-13-16-19-22-25-27-29-30-32-33-36-39-42-45-48-51-54-60(63)66-57-58(56-65-59(62)53-50-47-44-41-38-35-24-21-18-15-12-9-6-3)67-61(64)55-52-49-46-43-40-37-34-31-28-26-23-20-17-14-11-8-5-2/h7,10,16,19,25-28,30,32,34-39,43-44,46-47,58H,4-6,8-9,11-15,17-18,20-24,29,31,33,40-42,45,48-57H2,1-3H3/b10-7+,19-16+,27-25+,28-26+,32-30+,37-34+,38-35+,39-36+,46-43+,47-44+. The highest BCUT2D eigenvalue weighted by Crippen LogP contribution is 2.11. The molecule has 0 aromatic rings. The molecule has 0 heterocycles. The summed E-state index contributed by atoms with van der Waals surface area (Å²) >= 11 is 0. The zero-order valence-corrected chi connectivity index (χ0v) is 43.1. The maximum atomic E-state index is 12.8. The lowest BCUT2D eigenvalue weighted by molar-refractivity contribution is -0.166. The quantitative estimate of drug-likeness (QED) is 0.0262. The van der Waals surface area contributed by atoms with Gasteiger partial charge in [-0.25, -0.2) is 0 Å². The molecule has 6 nitrogen and oxygen atoms in total. The first-order valence-electron chi connectivity index (χ1n) is 27.0. The molecule has 0 rings (SSSR count). The van der Waals surface area contributed by atoms with Gasteiger partial charge in [-0.3, -0.25) is 14.4 Å². The molecule has 0 aliphatic rings. The van der Waals surface area contributed by atoms with Crippen LogP contribution in [0.4, 0.5) is 0 Å². The van der Waals surface area contributed by atoms with Crippen LogP contribution in [-0.2, 0) is 28.6 Å². The maximum Gasteiger partial charge on any atom is 0.306 e. The Morgan fingerprint density at radius 1 is 0.313 bits per heavy atom. The van der Waals surface area contributed by atoms with Gasteiger partial charge in [0.2, 0.25) is 0 Å². The molecular formula is C61H98O6. The highest BCUT2D eigenvalue weighted by Gasteiger charge is 2.19. The number of carbonyl (C=O) groups is 3. The molecule has 0 saturated heterocycles. The molecule has 6 heteroatoms. The second kappa shape index (κ2) is 54.4. The van der Waals surface area contributed by atoms with E-state index in [1.54, 1.807) is 0 Å². The molecule has 378 valence electrons. The number of hydrogen-bond acceptors (Lipinski definition) is 6. The largest absolute Gasteiger partial charge is 0.462 e. The summed E-state index contributed by atoms with van der Waals surface area (Å²) in [6.07, 6.45) is 74.9. The van der Waals surface area contributed by atoms with Gasteiger partial charge in [0.1, 0.15) is 13.2 Å². The summed E-state index contributed by atoms with van der Waals surface area (Å²) in [5, 5.41) is 0. The molecule has 67 heavy (non-hydrogen) atoms. The van der Waals surface area contributed by atoms with Crippen molar-refractivity contribution < 1.29 is 28.6 Å². The molecule has 1 atom stereocenters. The molecule has 0 aliphatic heterocycles. The molecule has 0 saturated carbocycles. The van der Waals surface area contributed by atoms with Gasteiger partial charge in [0, 0.05) is 19.3 Å². The van der Waals surface area contributed by atoms with Gasteiger partial charge < -0.3 is 14.2 Å². The van der Waals surface area contributed by atoms with Crippen LogP contribution in [0, 0.1) is 0 Å². The zero-order chi connectivity index (χ0) is 48.6. The van der Waals surface area contributed by atoms with Crippen molar-refractivity contribution in [3.05, 3.63) is 122 Å². The Hall–Kier alpha value is -4.19. The van der Waals surface area contributed by atoms with Gasteiger partial charge in [-0.2, -0.15) is 0 Å². The van der Waals surface area contributed by atoms with E-state index in [0.29, 0.717) is 19.3 Å². The number of hydrogen-bond donors (Lipinski definition) is 0. The number of rotatable bonds is 47. The minimum atomic E-state index is -0.844. The molecule has 0 aromatic carbocycles. The van der Waals surface area contributed by atoms with E-state index < -0.39 is 6.10 Å². The third kappa shape index (κ3) is 52.6. The van der Waals surface area contributed by atoms with Crippen molar-refractivity contribution in [3.8, 4) is 0 Å². The van der Waals surface area contributed by atoms with E-state index in [4.69, 9.17) is 14.2 Å². The van der Waals surface area contributed by atoms with Crippen LogP contribution in [0.25, 0.3) is 0 Å². The molecular weight excluding hydrogens is 829 g/mol. The minimum absolute atomic E-state index is 0.136. The zero-order valence-electron chi connectivity index (χ0n) is 43.1. The van der Waals surface area contributed by atoms with Gasteiger partial charge in [-0.15, -0.1) is 0 Å². The van der Waals surface area contributed by atoms with Crippen LogP contribution in [0.3, 0.4) is 0 Å². The summed E-state index contributed by atoms with van der Waals surface area (Å²) < 4.78 is 16.7. The molecule has 0 amide bonds. The monoisotopic (exact) mass is 927 g/mol. The van der Waals surface area contributed by atoms with Crippen LogP contribution in [0.2, 0.25) is 0 Å². The molecule has 0 aromatic heterocycles. The average Bonchev–Trinajstić information content (AvgIpc) is 3.33. The van der Waals surface area contributed by atoms with Crippen LogP contribution in [0.1, 0.15) is 226 Å². The fourth-order valence-electron chi connectivity index (χ4n) is 6.89. The summed E-state index contributed by atoms with van der Waals surface area (Å²) in [6.45, 7) is 6.37. The van der Waals surface area contributed by atoms with Crippen LogP contribution >= 0.6 is 0 Å². The van der Waals surface area contributed by atoms with Crippen LogP contribution < -0.4 is 0 Å². The van der Waals surface area contributed by atoms with Gasteiger partial charge in [0.05, 0.1) is 0 Å². The number of carbonyl (C=O) groups excluding carboxylic acids is 3. The van der Waals surface area contributed by atoms with Gasteiger partial charge in [-0.1, -0.05) is 213 Å². The molecule has 0 fully saturated rings. The third-order valence-corrected chi connectivity index (χ3v) is 10.9. The highest BCUT2D eigenvalue weighted by atomic mass is 16.6. The normalized spacial score (nSPS) is 13.1. The average molecular weight is 927 g/mol. The van der Waals surface area contributed by atoms with Crippen molar-refractivity contribution >= 4 is 17.9 Å². The van der Waals surface area contributed by atoms with Crippen molar-refractivity contribution in [2.45, 2.75) is 232 Å². The van der Waals surface area contributed by atoms with Crippen LogP contribution in [0.15, 0.2) is 122 Å². The van der Waals surface area contributed by atoms with Crippen molar-refractivity contribution in [2.75, 3.05) is 13.2 Å². The molecule has 0 N–H and O–H groups in total. The summed E-state index contributed by atoms with van der Waals surface area (Å²) in [7, 11) is 0. The van der Waals surface area contributed by atoms with E-state index >= 15 is 0 Å². The minimum Gasteiger partial charge on any atom is -0.462 e. The summed E-state index contributed by atoms with van der Waals surface area (Å²) in [4.78, 5) is 38.0. The summed E-state index contributed by atoms with van der Waals surface area (Å²) in [5.41, 5.74) is 0. The second-order valence-corrected chi connectivity index (χ2v) is 17.4. The Kier molecular flexibility index (Phi) is 51.0. The first-order valence-corrected chi connectivity index (χ1v) is 27.0. The van der Waals surface area contributed by atoms with Crippen molar-refractivity contribution in [1.29, 1.82) is 0 Å². The fourth-order valence-corrected chi connectivity index (χ4v) is 6.89. The molecule has 0 radical (unpaired) electrons. The third-order valence-electron chi connectivity index (χ3n) is 10.9. The molecule has 1 unspecified atom stereocenters. The van der Waals surface area contributed by atoms with E-state index in [0.717, 1.165) is 89.9 Å². The first kappa shape index (κ1) is 62.8. The lowest BCUT2D eigenvalue weighted by atomic mass is 10.1. The van der Waals surface area contributed by atoms with Crippen LogP contribution in [-0.4, -0.2) is 37.2 Å². The lowest BCUT2D eigenvalue weighted by Gasteiger charge is -2.18. The Morgan fingerprint density at radius 2 is 0.627 bits per heavy atom. The first-order chi connectivity index (χ1) is 33.0. The topological polar surface area (TPSA) is 78.9 Å². The van der Waals surface area contributed by atoms with Gasteiger partial charge in [-0.05, 0) is 116 Å².